The number of aromatic carboxylic acids is 1. The normalized spacial score (nSPS) is 11.9. The number of benzene rings is 3. The van der Waals surface area contributed by atoms with Crippen molar-refractivity contribution in [3.05, 3.63) is 54.1 Å². The summed E-state index contributed by atoms with van der Waals surface area (Å²) in [6.45, 7) is 1.49. The summed E-state index contributed by atoms with van der Waals surface area (Å²) < 4.78 is 24.1. The second kappa shape index (κ2) is 7.28. The Bertz CT molecular complexity index is 1220. The van der Waals surface area contributed by atoms with Crippen LogP contribution in [0.3, 0.4) is 0 Å². The van der Waals surface area contributed by atoms with Gasteiger partial charge in [0.25, 0.3) is 0 Å². The number of phenols is 2. The van der Waals surface area contributed by atoms with Crippen molar-refractivity contribution in [2.24, 2.45) is 10.2 Å². The average Bonchev–Trinajstić information content (AvgIpc) is 2.67. The molecule has 0 amide bonds. The van der Waals surface area contributed by atoms with Gasteiger partial charge in [-0.2, -0.15) is 0 Å². The van der Waals surface area contributed by atoms with Gasteiger partial charge in [0.05, 0.1) is 10.6 Å². The predicted molar refractivity (Wildman–Crippen MR) is 103 cm³/mol. The van der Waals surface area contributed by atoms with Crippen molar-refractivity contribution in [2.45, 2.75) is 11.8 Å². The number of carbonyl (C=O) groups is 1. The van der Waals surface area contributed by atoms with E-state index in [9.17, 15) is 28.5 Å². The molecule has 0 saturated heterocycles. The standard InChI is InChI=1S/C19H16N2O6S/c1-2-28(26,27)12-7-8-16(22)15(10-12)20-21-17-13-6-4-3-5-11(13)9-14(18(17)23)19(24)25/h3-10,22-23H,2H2,1H3,(H,24,25). The number of hydrogen-bond acceptors (Lipinski definition) is 7. The topological polar surface area (TPSA) is 137 Å². The summed E-state index contributed by atoms with van der Waals surface area (Å²) in [5, 5.41) is 38.3. The minimum Gasteiger partial charge on any atom is -0.506 e. The fraction of sp³-hybridized carbons (Fsp3) is 0.105. The summed E-state index contributed by atoms with van der Waals surface area (Å²) in [4.78, 5) is 11.4. The quantitative estimate of drug-likeness (QED) is 0.550. The molecular formula is C19H16N2O6S. The Hall–Kier alpha value is -3.46. The minimum atomic E-state index is -3.52. The van der Waals surface area contributed by atoms with Crippen LogP contribution in [-0.4, -0.2) is 35.5 Å². The molecule has 0 fully saturated rings. The fourth-order valence-corrected chi connectivity index (χ4v) is 3.53. The molecule has 0 aliphatic carbocycles. The van der Waals surface area contributed by atoms with E-state index < -0.39 is 21.6 Å². The lowest BCUT2D eigenvalue weighted by Crippen LogP contribution is -2.02. The molecule has 0 aromatic heterocycles. The van der Waals surface area contributed by atoms with Crippen LogP contribution in [0, 0.1) is 0 Å². The van der Waals surface area contributed by atoms with Crippen LogP contribution in [0.15, 0.2) is 63.7 Å². The maximum absolute atomic E-state index is 12.0. The first-order valence-electron chi connectivity index (χ1n) is 8.20. The number of nitrogens with zero attached hydrogens (tertiary/aromatic N) is 2. The predicted octanol–water partition coefficient (Wildman–Crippen LogP) is 4.16. The lowest BCUT2D eigenvalue weighted by atomic mass is 10.0. The smallest absolute Gasteiger partial charge is 0.339 e. The van der Waals surface area contributed by atoms with Gasteiger partial charge >= 0.3 is 5.97 Å². The van der Waals surface area contributed by atoms with Crippen LogP contribution in [0.5, 0.6) is 11.5 Å². The number of carboxylic acids is 1. The molecule has 144 valence electrons. The number of aromatic hydroxyl groups is 2. The van der Waals surface area contributed by atoms with Gasteiger partial charge in [-0.3, -0.25) is 0 Å². The molecule has 0 bridgehead atoms. The minimum absolute atomic E-state index is 0.0323. The third-order valence-corrected chi connectivity index (χ3v) is 5.90. The molecule has 3 N–H and O–H groups in total. The van der Waals surface area contributed by atoms with E-state index in [0.717, 1.165) is 6.07 Å². The zero-order valence-corrected chi connectivity index (χ0v) is 15.5. The number of fused-ring (bicyclic) bond motifs is 1. The second-order valence-electron chi connectivity index (χ2n) is 5.90. The largest absolute Gasteiger partial charge is 0.506 e. The lowest BCUT2D eigenvalue weighted by molar-refractivity contribution is 0.0694. The van der Waals surface area contributed by atoms with Gasteiger partial charge in [-0.25, -0.2) is 13.2 Å². The van der Waals surface area contributed by atoms with Crippen LogP contribution in [0.1, 0.15) is 17.3 Å². The number of azo groups is 1. The Morgan fingerprint density at radius 2 is 1.75 bits per heavy atom. The zero-order valence-electron chi connectivity index (χ0n) is 14.7. The third kappa shape index (κ3) is 3.52. The highest BCUT2D eigenvalue weighted by Gasteiger charge is 2.18. The second-order valence-corrected chi connectivity index (χ2v) is 8.18. The monoisotopic (exact) mass is 400 g/mol. The first-order valence-corrected chi connectivity index (χ1v) is 9.85. The maximum atomic E-state index is 12.0. The van der Waals surface area contributed by atoms with Crippen molar-refractivity contribution in [1.29, 1.82) is 0 Å². The van der Waals surface area contributed by atoms with Gasteiger partial charge in [-0.1, -0.05) is 31.2 Å². The van der Waals surface area contributed by atoms with E-state index in [2.05, 4.69) is 10.2 Å². The molecule has 8 nitrogen and oxygen atoms in total. The van der Waals surface area contributed by atoms with Crippen LogP contribution >= 0.6 is 0 Å². The Balaban J connectivity index is 2.18. The van der Waals surface area contributed by atoms with E-state index >= 15 is 0 Å². The summed E-state index contributed by atoms with van der Waals surface area (Å²) in [6, 6.07) is 11.6. The van der Waals surface area contributed by atoms with Crippen molar-refractivity contribution in [1.82, 2.24) is 0 Å². The average molecular weight is 400 g/mol. The molecule has 0 unspecified atom stereocenters. The molecule has 3 aromatic rings. The number of hydrogen-bond donors (Lipinski definition) is 3. The molecule has 0 heterocycles. The van der Waals surface area contributed by atoms with E-state index in [4.69, 9.17) is 0 Å². The van der Waals surface area contributed by atoms with Crippen LogP contribution < -0.4 is 0 Å². The van der Waals surface area contributed by atoms with Gasteiger partial charge in [0.15, 0.2) is 15.6 Å². The fourth-order valence-electron chi connectivity index (χ4n) is 2.63. The van der Waals surface area contributed by atoms with Gasteiger partial charge in [0, 0.05) is 5.39 Å². The van der Waals surface area contributed by atoms with E-state index in [0.29, 0.717) is 10.8 Å². The van der Waals surface area contributed by atoms with Crippen molar-refractivity contribution < 1.29 is 28.5 Å². The van der Waals surface area contributed by atoms with Gasteiger partial charge in [-0.15, -0.1) is 10.2 Å². The van der Waals surface area contributed by atoms with E-state index in [1.54, 1.807) is 24.3 Å². The molecule has 0 aliphatic rings. The Kier molecular flexibility index (Phi) is 5.02. The molecule has 0 atom stereocenters. The molecule has 3 aromatic carbocycles. The van der Waals surface area contributed by atoms with Crippen LogP contribution in [-0.2, 0) is 9.84 Å². The molecule has 9 heteroatoms. The highest BCUT2D eigenvalue weighted by atomic mass is 32.2. The van der Waals surface area contributed by atoms with Gasteiger partial charge in [-0.05, 0) is 29.7 Å². The van der Waals surface area contributed by atoms with Crippen molar-refractivity contribution in [3.8, 4) is 11.5 Å². The lowest BCUT2D eigenvalue weighted by Gasteiger charge is -2.08. The molecule has 28 heavy (non-hydrogen) atoms. The summed E-state index contributed by atoms with van der Waals surface area (Å²) in [7, 11) is -3.52. The molecule has 0 radical (unpaired) electrons. The van der Waals surface area contributed by atoms with Crippen LogP contribution in [0.25, 0.3) is 10.8 Å². The van der Waals surface area contributed by atoms with Gasteiger partial charge < -0.3 is 15.3 Å². The third-order valence-electron chi connectivity index (χ3n) is 4.17. The van der Waals surface area contributed by atoms with E-state index in [1.165, 1.54) is 25.1 Å². The number of phenolic OH excluding ortho intramolecular Hbond substituents is 1. The van der Waals surface area contributed by atoms with E-state index in [1.807, 2.05) is 0 Å². The van der Waals surface area contributed by atoms with Crippen LogP contribution in [0.2, 0.25) is 0 Å². The number of carboxylic acid groups (broad SMARTS) is 1. The zero-order chi connectivity index (χ0) is 20.5. The molecular weight excluding hydrogens is 384 g/mol. The highest BCUT2D eigenvalue weighted by molar-refractivity contribution is 7.91. The maximum Gasteiger partial charge on any atom is 0.339 e. The summed E-state index contributed by atoms with van der Waals surface area (Å²) >= 11 is 0. The first kappa shape index (κ1) is 19.3. The number of rotatable bonds is 5. The molecule has 0 aliphatic heterocycles. The van der Waals surface area contributed by atoms with Crippen LogP contribution in [0.4, 0.5) is 11.4 Å². The molecule has 3 rings (SSSR count). The Labute approximate surface area is 160 Å². The summed E-state index contributed by atoms with van der Waals surface area (Å²) in [5.41, 5.74) is -0.573. The first-order chi connectivity index (χ1) is 13.2. The molecule has 0 spiro atoms. The molecule has 0 saturated carbocycles. The highest BCUT2D eigenvalue weighted by Crippen LogP contribution is 2.40. The SMILES string of the molecule is CCS(=O)(=O)c1ccc(O)c(N=Nc2c(O)c(C(=O)O)cc3ccccc23)c1. The Morgan fingerprint density at radius 1 is 1.04 bits per heavy atom. The number of sulfone groups is 1. The summed E-state index contributed by atoms with van der Waals surface area (Å²) in [5.74, 6) is -2.34. The van der Waals surface area contributed by atoms with Crippen molar-refractivity contribution in [3.63, 3.8) is 0 Å². The van der Waals surface area contributed by atoms with Crippen molar-refractivity contribution in [2.75, 3.05) is 5.75 Å². The van der Waals surface area contributed by atoms with Gasteiger partial charge in [0.1, 0.15) is 22.7 Å². The van der Waals surface area contributed by atoms with Crippen molar-refractivity contribution >= 4 is 38.0 Å². The Morgan fingerprint density at radius 3 is 2.43 bits per heavy atom. The van der Waals surface area contributed by atoms with E-state index in [-0.39, 0.29) is 33.3 Å². The summed E-state index contributed by atoms with van der Waals surface area (Å²) in [6.07, 6.45) is 0. The van der Waals surface area contributed by atoms with Gasteiger partial charge in [0.2, 0.25) is 0 Å².